The molecule has 88 valence electrons. The number of hydrogen-bond acceptors (Lipinski definition) is 2. The fourth-order valence-electron chi connectivity index (χ4n) is 2.05. The van der Waals surface area contributed by atoms with Crippen LogP contribution in [0.1, 0.15) is 53.4 Å². The van der Waals surface area contributed by atoms with Gasteiger partial charge in [-0.05, 0) is 0 Å². The molecule has 3 heteroatoms. The second-order valence-electron chi connectivity index (χ2n) is 4.38. The Labute approximate surface area is 105 Å². The molecule has 0 aliphatic rings. The first-order valence-corrected chi connectivity index (χ1v) is 9.38. The van der Waals surface area contributed by atoms with Crippen molar-refractivity contribution in [3.8, 4) is 0 Å². The Kier molecular flexibility index (Phi) is 11.4. The van der Waals surface area contributed by atoms with Crippen LogP contribution in [0.5, 0.6) is 0 Å². The van der Waals surface area contributed by atoms with E-state index in [1.165, 1.54) is 51.9 Å². The van der Waals surface area contributed by atoms with Crippen molar-refractivity contribution in [2.75, 3.05) is 26.2 Å². The second kappa shape index (κ2) is 11.0. The van der Waals surface area contributed by atoms with E-state index in [2.05, 4.69) is 35.0 Å². The molecule has 0 aromatic carbocycles. The number of rotatable bonds is 10. The molecule has 0 fully saturated rings. The molecular formula is C12H28N2Zn. The van der Waals surface area contributed by atoms with Gasteiger partial charge in [0.15, 0.2) is 0 Å². The van der Waals surface area contributed by atoms with Crippen LogP contribution in [0, 0.1) is 0 Å². The Morgan fingerprint density at radius 3 is 1.07 bits per heavy atom. The number of nitrogens with zero attached hydrogens (tertiary/aromatic N) is 2. The molecule has 0 saturated carbocycles. The normalized spacial score (nSPS) is 11.1. The van der Waals surface area contributed by atoms with Gasteiger partial charge in [-0.1, -0.05) is 0 Å². The van der Waals surface area contributed by atoms with E-state index in [0.717, 1.165) is 0 Å². The van der Waals surface area contributed by atoms with Gasteiger partial charge in [0.25, 0.3) is 0 Å². The van der Waals surface area contributed by atoms with Crippen LogP contribution in [-0.2, 0) is 17.6 Å². The van der Waals surface area contributed by atoms with Crippen molar-refractivity contribution >= 4 is 0 Å². The Hall–Kier alpha value is 0.543. The summed E-state index contributed by atoms with van der Waals surface area (Å²) < 4.78 is 5.55. The third kappa shape index (κ3) is 8.36. The van der Waals surface area contributed by atoms with Crippen LogP contribution < -0.4 is 0 Å². The summed E-state index contributed by atoms with van der Waals surface area (Å²) in [7, 11) is 0. The van der Waals surface area contributed by atoms with Gasteiger partial charge >= 0.3 is 104 Å². The zero-order valence-electron chi connectivity index (χ0n) is 11.3. The molecule has 0 spiro atoms. The summed E-state index contributed by atoms with van der Waals surface area (Å²) in [5, 5.41) is 0. The zero-order chi connectivity index (χ0) is 11.5. The molecule has 0 heterocycles. The topological polar surface area (TPSA) is 6.48 Å². The standard InChI is InChI=1S/2C6H14N.Zn/c2*1-3-5-7-6-4-2;/h2*3-6H2,1-2H3;/q2*-1;+2. The first kappa shape index (κ1) is 15.5. The van der Waals surface area contributed by atoms with Gasteiger partial charge in [-0.2, -0.15) is 0 Å². The average Bonchev–Trinajstić information content (AvgIpc) is 2.19. The van der Waals surface area contributed by atoms with Crippen LogP contribution in [0.3, 0.4) is 0 Å². The molecule has 0 N–H and O–H groups in total. The summed E-state index contributed by atoms with van der Waals surface area (Å²) in [6.07, 6.45) is 5.27. The van der Waals surface area contributed by atoms with Gasteiger partial charge in [0.05, 0.1) is 0 Å². The molecule has 0 aromatic rings. The van der Waals surface area contributed by atoms with E-state index < -0.39 is 17.6 Å². The molecule has 0 aliphatic heterocycles. The molecule has 0 rings (SSSR count). The van der Waals surface area contributed by atoms with E-state index in [1.54, 1.807) is 0 Å². The van der Waals surface area contributed by atoms with Gasteiger partial charge < -0.3 is 0 Å². The molecule has 0 radical (unpaired) electrons. The van der Waals surface area contributed by atoms with Crippen molar-refractivity contribution in [3.05, 3.63) is 0 Å². The molecule has 2 nitrogen and oxygen atoms in total. The van der Waals surface area contributed by atoms with E-state index in [9.17, 15) is 0 Å². The quantitative estimate of drug-likeness (QED) is 0.560. The Balaban J connectivity index is 3.93. The SMILES string of the molecule is CCC[N](CCC)[Zn][N](CCC)CCC. The Morgan fingerprint density at radius 1 is 0.600 bits per heavy atom. The van der Waals surface area contributed by atoms with Crippen molar-refractivity contribution in [1.82, 2.24) is 7.29 Å². The van der Waals surface area contributed by atoms with Crippen molar-refractivity contribution < 1.29 is 17.6 Å². The van der Waals surface area contributed by atoms with E-state index in [4.69, 9.17) is 0 Å². The van der Waals surface area contributed by atoms with Crippen molar-refractivity contribution in [1.29, 1.82) is 0 Å². The van der Waals surface area contributed by atoms with Gasteiger partial charge in [-0.15, -0.1) is 0 Å². The van der Waals surface area contributed by atoms with Gasteiger partial charge in [0.1, 0.15) is 0 Å². The monoisotopic (exact) mass is 264 g/mol. The van der Waals surface area contributed by atoms with Crippen LogP contribution in [0.15, 0.2) is 0 Å². The maximum absolute atomic E-state index is 2.78. The fourth-order valence-corrected chi connectivity index (χ4v) is 7.08. The summed E-state index contributed by atoms with van der Waals surface area (Å²) in [4.78, 5) is 0. The maximum atomic E-state index is 2.78. The predicted molar refractivity (Wildman–Crippen MR) is 64.3 cm³/mol. The minimum absolute atomic E-state index is 0.596. The average molecular weight is 266 g/mol. The molecular weight excluding hydrogens is 238 g/mol. The van der Waals surface area contributed by atoms with Gasteiger partial charge in [0, 0.05) is 0 Å². The van der Waals surface area contributed by atoms with Gasteiger partial charge in [-0.3, -0.25) is 0 Å². The van der Waals surface area contributed by atoms with Crippen LogP contribution in [0.25, 0.3) is 0 Å². The fraction of sp³-hybridized carbons (Fsp3) is 1.00. The second-order valence-corrected chi connectivity index (χ2v) is 8.72. The molecule has 0 aromatic heterocycles. The molecule has 15 heavy (non-hydrogen) atoms. The molecule has 0 aliphatic carbocycles. The van der Waals surface area contributed by atoms with E-state index in [0.29, 0.717) is 0 Å². The van der Waals surface area contributed by atoms with Gasteiger partial charge in [0.2, 0.25) is 0 Å². The Bertz CT molecular complexity index is 105. The van der Waals surface area contributed by atoms with Crippen LogP contribution in [0.4, 0.5) is 0 Å². The van der Waals surface area contributed by atoms with E-state index in [-0.39, 0.29) is 0 Å². The first-order chi connectivity index (χ1) is 7.28. The summed E-state index contributed by atoms with van der Waals surface area (Å²) in [5.41, 5.74) is 0. The van der Waals surface area contributed by atoms with Crippen molar-refractivity contribution in [2.24, 2.45) is 0 Å². The molecule has 0 atom stereocenters. The predicted octanol–water partition coefficient (Wildman–Crippen LogP) is 3.14. The van der Waals surface area contributed by atoms with E-state index >= 15 is 0 Å². The summed E-state index contributed by atoms with van der Waals surface area (Å²) in [6.45, 7) is 14.5. The third-order valence-corrected chi connectivity index (χ3v) is 6.89. The number of hydrogen-bond donors (Lipinski definition) is 0. The third-order valence-electron chi connectivity index (χ3n) is 2.56. The minimum atomic E-state index is -0.596. The van der Waals surface area contributed by atoms with E-state index in [1.807, 2.05) is 0 Å². The van der Waals surface area contributed by atoms with Crippen LogP contribution in [0.2, 0.25) is 0 Å². The van der Waals surface area contributed by atoms with Crippen molar-refractivity contribution in [3.63, 3.8) is 0 Å². The van der Waals surface area contributed by atoms with Crippen molar-refractivity contribution in [2.45, 2.75) is 53.4 Å². The summed E-state index contributed by atoms with van der Waals surface area (Å²) >= 11 is -0.596. The summed E-state index contributed by atoms with van der Waals surface area (Å²) in [6, 6.07) is 0. The summed E-state index contributed by atoms with van der Waals surface area (Å²) in [5.74, 6) is 0. The molecule has 0 amide bonds. The molecule has 0 bridgehead atoms. The van der Waals surface area contributed by atoms with Crippen LogP contribution in [-0.4, -0.2) is 33.5 Å². The van der Waals surface area contributed by atoms with Gasteiger partial charge in [-0.25, -0.2) is 0 Å². The Morgan fingerprint density at radius 2 is 0.867 bits per heavy atom. The van der Waals surface area contributed by atoms with Crippen LogP contribution >= 0.6 is 0 Å². The molecule has 0 unspecified atom stereocenters. The zero-order valence-corrected chi connectivity index (χ0v) is 14.2. The molecule has 0 saturated heterocycles. The first-order valence-electron chi connectivity index (χ1n) is 6.73.